The molecule has 1 unspecified atom stereocenters. The number of carbonyl (C=O) groups is 3. The minimum absolute atomic E-state index is 0. The summed E-state index contributed by atoms with van der Waals surface area (Å²) in [4.78, 5) is 40.1. The molecule has 1 atom stereocenters. The van der Waals surface area contributed by atoms with Crippen molar-refractivity contribution >= 4 is 23.6 Å². The maximum Gasteiger partial charge on any atom is 0.407 e. The minimum atomic E-state index is -0.475. The van der Waals surface area contributed by atoms with Crippen molar-refractivity contribution in [1.29, 1.82) is 0 Å². The Morgan fingerprint density at radius 1 is 0.827 bits per heavy atom. The van der Waals surface area contributed by atoms with Gasteiger partial charge >= 0.3 is 6.09 Å². The van der Waals surface area contributed by atoms with Gasteiger partial charge in [-0.15, -0.1) is 0 Å². The van der Waals surface area contributed by atoms with E-state index >= 15 is 0 Å². The first-order valence-corrected chi connectivity index (χ1v) is 18.4. The predicted octanol–water partition coefficient (Wildman–Crippen LogP) is 7.90. The second-order valence-corrected chi connectivity index (χ2v) is 12.9. The van der Waals surface area contributed by atoms with Crippen LogP contribution in [0.15, 0.2) is 84.9 Å². The van der Waals surface area contributed by atoms with E-state index < -0.39 is 6.09 Å². The highest BCUT2D eigenvalue weighted by Crippen LogP contribution is 2.45. The number of benzene rings is 4. The molecule has 8 nitrogen and oxygen atoms in total. The predicted molar refractivity (Wildman–Crippen MR) is 210 cm³/mol. The van der Waals surface area contributed by atoms with Crippen molar-refractivity contribution in [3.8, 4) is 23.0 Å². The van der Waals surface area contributed by atoms with Gasteiger partial charge in [-0.25, -0.2) is 4.79 Å². The molecule has 0 spiro atoms. The lowest BCUT2D eigenvalue weighted by Gasteiger charge is -2.26. The Balaban J connectivity index is 0.00000193. The number of para-hydroxylation sites is 1. The number of anilines is 1. The van der Waals surface area contributed by atoms with Crippen LogP contribution < -0.4 is 15.5 Å². The Kier molecular flexibility index (Phi) is 13.6. The van der Waals surface area contributed by atoms with Gasteiger partial charge in [0.15, 0.2) is 0 Å². The van der Waals surface area contributed by atoms with E-state index in [2.05, 4.69) is 65.8 Å². The van der Waals surface area contributed by atoms with Gasteiger partial charge in [-0.1, -0.05) is 98.0 Å². The van der Waals surface area contributed by atoms with E-state index in [1.165, 1.54) is 0 Å². The van der Waals surface area contributed by atoms with Gasteiger partial charge in [-0.2, -0.15) is 0 Å². The third kappa shape index (κ3) is 9.48. The summed E-state index contributed by atoms with van der Waals surface area (Å²) in [5.74, 6) is 6.36. The van der Waals surface area contributed by atoms with Crippen LogP contribution >= 0.6 is 0 Å². The molecular formula is C44H53N3O5. The Labute approximate surface area is 310 Å². The minimum Gasteiger partial charge on any atom is -0.449 e. The number of unbranched alkanes of at least 4 members (excludes halogenated alkanes) is 1. The summed E-state index contributed by atoms with van der Waals surface area (Å²) in [5.41, 5.74) is 10.4. The van der Waals surface area contributed by atoms with Crippen molar-refractivity contribution in [2.75, 3.05) is 31.2 Å². The van der Waals surface area contributed by atoms with Crippen molar-refractivity contribution in [3.05, 3.63) is 124 Å². The molecule has 3 N–H and O–H groups in total. The highest BCUT2D eigenvalue weighted by Gasteiger charge is 2.30. The average molecular weight is 704 g/mol. The summed E-state index contributed by atoms with van der Waals surface area (Å²) >= 11 is 0. The van der Waals surface area contributed by atoms with Gasteiger partial charge in [0, 0.05) is 45.8 Å². The van der Waals surface area contributed by atoms with Crippen LogP contribution in [-0.2, 0) is 27.3 Å². The molecule has 1 heterocycles. The smallest absolute Gasteiger partial charge is 0.407 e. The third-order valence-electron chi connectivity index (χ3n) is 9.31. The number of aliphatic hydroxyl groups excluding tert-OH is 1. The highest BCUT2D eigenvalue weighted by atomic mass is 16.5. The second-order valence-electron chi connectivity index (χ2n) is 12.9. The lowest BCUT2D eigenvalue weighted by atomic mass is 9.95. The summed E-state index contributed by atoms with van der Waals surface area (Å²) in [7, 11) is 0. The number of nitrogens with zero attached hydrogens (tertiary/aromatic N) is 1. The summed E-state index contributed by atoms with van der Waals surface area (Å²) < 4.78 is 5.78. The first-order valence-electron chi connectivity index (χ1n) is 18.4. The molecule has 6 rings (SSSR count). The van der Waals surface area contributed by atoms with Crippen molar-refractivity contribution in [2.24, 2.45) is 0 Å². The Morgan fingerprint density at radius 3 is 2.35 bits per heavy atom. The fourth-order valence-electron chi connectivity index (χ4n) is 6.75. The standard InChI is InChI=1S/C42H43N3O5.C2H6.2H2/c1-29-16-20-34-35-21-17-30(9-8-14-40(47)43-23-24-46)26-37(35)38(36(34)25-29)28-50-42(49)44-22-7-6-15-41(48)45-27-33-12-3-2-10-31(33)18-19-32-11-4-5-13-39(32)45;1-2;;/h2-5,10-13,16-17,20-21,25-26,38,46H,6-9,14-15,22-24,27-28H2,1H3,(H,43,47)(H,44,49);1-2H3;2*1H. The largest absolute Gasteiger partial charge is 0.449 e. The topological polar surface area (TPSA) is 108 Å². The number of aliphatic hydroxyl groups is 1. The van der Waals surface area contributed by atoms with Gasteiger partial charge in [0.25, 0.3) is 0 Å². The van der Waals surface area contributed by atoms with Crippen LogP contribution in [0.2, 0.25) is 0 Å². The van der Waals surface area contributed by atoms with E-state index in [-0.39, 0.29) is 40.3 Å². The van der Waals surface area contributed by atoms with Crippen LogP contribution in [0.4, 0.5) is 10.5 Å². The van der Waals surface area contributed by atoms with E-state index in [0.29, 0.717) is 45.2 Å². The Bertz CT molecular complexity index is 1950. The van der Waals surface area contributed by atoms with Gasteiger partial charge in [-0.05, 0) is 84.2 Å². The number of hydrogen-bond donors (Lipinski definition) is 3. The number of alkyl carbamates (subject to hydrolysis) is 1. The van der Waals surface area contributed by atoms with Gasteiger partial charge in [0.1, 0.15) is 6.61 Å². The third-order valence-corrected chi connectivity index (χ3v) is 9.31. The Hall–Kier alpha value is -5.39. The van der Waals surface area contributed by atoms with Gasteiger partial charge < -0.3 is 25.4 Å². The average Bonchev–Trinajstić information content (AvgIpc) is 3.46. The molecule has 4 aromatic rings. The molecule has 4 aromatic carbocycles. The summed E-state index contributed by atoms with van der Waals surface area (Å²) in [6, 6.07) is 28.5. The van der Waals surface area contributed by atoms with E-state index in [4.69, 9.17) is 9.84 Å². The number of hydrogen-bond acceptors (Lipinski definition) is 5. The van der Waals surface area contributed by atoms with Crippen LogP contribution in [-0.4, -0.2) is 49.3 Å². The monoisotopic (exact) mass is 703 g/mol. The molecular weight excluding hydrogens is 651 g/mol. The molecule has 52 heavy (non-hydrogen) atoms. The molecule has 1 aliphatic carbocycles. The van der Waals surface area contributed by atoms with Crippen LogP contribution in [0, 0.1) is 18.8 Å². The summed E-state index contributed by atoms with van der Waals surface area (Å²) in [5, 5.41) is 14.5. The normalized spacial score (nSPS) is 13.3. The van der Waals surface area contributed by atoms with Gasteiger partial charge in [0.2, 0.25) is 11.8 Å². The number of aryl methyl sites for hydroxylation is 2. The van der Waals surface area contributed by atoms with Crippen molar-refractivity contribution < 1.29 is 27.1 Å². The second kappa shape index (κ2) is 18.7. The van der Waals surface area contributed by atoms with Crippen molar-refractivity contribution in [2.45, 2.75) is 71.8 Å². The highest BCUT2D eigenvalue weighted by molar-refractivity contribution is 5.95. The first kappa shape index (κ1) is 37.9. The molecule has 0 aromatic heterocycles. The first-order chi connectivity index (χ1) is 25.4. The fraction of sp³-hybridized carbons (Fsp3) is 0.341. The maximum absolute atomic E-state index is 13.5. The number of nitrogens with one attached hydrogen (secondary N) is 2. The number of carbonyl (C=O) groups excluding carboxylic acids is 3. The van der Waals surface area contributed by atoms with E-state index in [9.17, 15) is 14.4 Å². The van der Waals surface area contributed by atoms with Gasteiger partial charge in [0.05, 0.1) is 18.8 Å². The van der Waals surface area contributed by atoms with Crippen molar-refractivity contribution in [1.82, 2.24) is 10.6 Å². The van der Waals surface area contributed by atoms with E-state index in [0.717, 1.165) is 62.2 Å². The van der Waals surface area contributed by atoms with Crippen LogP contribution in [0.3, 0.4) is 0 Å². The zero-order chi connectivity index (χ0) is 36.9. The van der Waals surface area contributed by atoms with E-state index in [1.54, 1.807) is 0 Å². The van der Waals surface area contributed by atoms with E-state index in [1.807, 2.05) is 67.3 Å². The van der Waals surface area contributed by atoms with Crippen LogP contribution in [0.5, 0.6) is 0 Å². The summed E-state index contributed by atoms with van der Waals surface area (Å²) in [6.07, 6.45) is 2.99. The zero-order valence-corrected chi connectivity index (χ0v) is 30.5. The number of ether oxygens (including phenoxy) is 1. The summed E-state index contributed by atoms with van der Waals surface area (Å²) in [6.45, 7) is 7.34. The molecule has 0 saturated carbocycles. The molecule has 0 radical (unpaired) electrons. The lowest BCUT2D eigenvalue weighted by Crippen LogP contribution is -2.32. The van der Waals surface area contributed by atoms with Crippen molar-refractivity contribution in [3.63, 3.8) is 0 Å². The molecule has 0 saturated heterocycles. The fourth-order valence-corrected chi connectivity index (χ4v) is 6.75. The SMILES string of the molecule is CC.Cc1ccc2c(c1)C(COC(=O)NCCCCC(=O)N1Cc3ccccc3C#Cc3ccccc31)c1cc(CCCC(=O)NCCO)ccc1-2.[HH].[HH]. The molecule has 0 bridgehead atoms. The number of fused-ring (bicyclic) bond motifs is 5. The zero-order valence-electron chi connectivity index (χ0n) is 30.5. The molecule has 1 aliphatic heterocycles. The maximum atomic E-state index is 13.5. The van der Waals surface area contributed by atoms with Crippen LogP contribution in [0.1, 0.15) is 93.7 Å². The number of rotatable bonds is 13. The molecule has 2 aliphatic rings. The molecule has 274 valence electrons. The molecule has 0 fully saturated rings. The number of amides is 3. The molecule has 3 amide bonds. The quantitative estimate of drug-likeness (QED) is 0.0970. The lowest BCUT2D eigenvalue weighted by molar-refractivity contribution is -0.121. The van der Waals surface area contributed by atoms with Gasteiger partial charge in [-0.3, -0.25) is 9.59 Å². The van der Waals surface area contributed by atoms with Crippen LogP contribution in [0.25, 0.3) is 11.1 Å². The molecule has 8 heteroatoms. The Morgan fingerprint density at radius 2 is 1.54 bits per heavy atom.